The third-order valence-corrected chi connectivity index (χ3v) is 5.90. The molecule has 4 rings (SSSR count). The van der Waals surface area contributed by atoms with Crippen LogP contribution in [0.1, 0.15) is 26.2 Å². The minimum atomic E-state index is -0.0830. The Morgan fingerprint density at radius 3 is 3.12 bits per heavy atom. The second-order valence-electron chi connectivity index (χ2n) is 6.70. The van der Waals surface area contributed by atoms with Crippen LogP contribution in [-0.2, 0) is 9.59 Å². The number of thiazole rings is 1. The SMILES string of the molecule is CCOc1ccc2nc(NC(=O)CN3[C@H]4CC[C@H]3CC(=O)NC4)sc2c1. The quantitative estimate of drug-likeness (QED) is 0.836. The van der Waals surface area contributed by atoms with Gasteiger partial charge in [0.25, 0.3) is 0 Å². The van der Waals surface area contributed by atoms with Gasteiger partial charge in [0.05, 0.1) is 23.4 Å². The van der Waals surface area contributed by atoms with Gasteiger partial charge in [-0.3, -0.25) is 14.5 Å². The molecule has 2 bridgehead atoms. The van der Waals surface area contributed by atoms with E-state index in [2.05, 4.69) is 20.5 Å². The topological polar surface area (TPSA) is 83.6 Å². The van der Waals surface area contributed by atoms with Crippen molar-refractivity contribution in [3.63, 3.8) is 0 Å². The van der Waals surface area contributed by atoms with E-state index in [4.69, 9.17) is 4.74 Å². The highest BCUT2D eigenvalue weighted by atomic mass is 32.1. The number of hydrogen-bond donors (Lipinski definition) is 2. The molecule has 2 N–H and O–H groups in total. The molecule has 8 heteroatoms. The van der Waals surface area contributed by atoms with E-state index in [0.717, 1.165) is 28.8 Å². The molecular formula is C18H22N4O3S. The van der Waals surface area contributed by atoms with Crippen LogP contribution in [0.5, 0.6) is 5.75 Å². The van der Waals surface area contributed by atoms with Crippen LogP contribution in [-0.4, -0.2) is 53.5 Å². The molecule has 0 aliphatic carbocycles. The lowest BCUT2D eigenvalue weighted by molar-refractivity contribution is -0.122. The summed E-state index contributed by atoms with van der Waals surface area (Å²) in [4.78, 5) is 30.9. The van der Waals surface area contributed by atoms with Crippen molar-refractivity contribution in [1.82, 2.24) is 15.2 Å². The fraction of sp³-hybridized carbons (Fsp3) is 0.500. The molecule has 3 heterocycles. The smallest absolute Gasteiger partial charge is 0.240 e. The minimum Gasteiger partial charge on any atom is -0.494 e. The van der Waals surface area contributed by atoms with Crippen LogP contribution in [0.3, 0.4) is 0 Å². The minimum absolute atomic E-state index is 0.0823. The van der Waals surface area contributed by atoms with E-state index in [1.165, 1.54) is 11.3 Å². The lowest BCUT2D eigenvalue weighted by atomic mass is 10.1. The molecule has 0 saturated carbocycles. The van der Waals surface area contributed by atoms with Crippen LogP contribution in [0.25, 0.3) is 10.2 Å². The van der Waals surface area contributed by atoms with Gasteiger partial charge in [0.15, 0.2) is 5.13 Å². The number of fused-ring (bicyclic) bond motifs is 3. The summed E-state index contributed by atoms with van der Waals surface area (Å²) in [6.07, 6.45) is 2.48. The van der Waals surface area contributed by atoms with Gasteiger partial charge in [-0.15, -0.1) is 0 Å². The molecule has 138 valence electrons. The fourth-order valence-electron chi connectivity index (χ4n) is 3.77. The highest BCUT2D eigenvalue weighted by Crippen LogP contribution is 2.30. The number of amides is 2. The van der Waals surface area contributed by atoms with Gasteiger partial charge in [-0.2, -0.15) is 0 Å². The van der Waals surface area contributed by atoms with Crippen molar-refractivity contribution in [1.29, 1.82) is 0 Å². The summed E-state index contributed by atoms with van der Waals surface area (Å²) in [5.74, 6) is 0.805. The van der Waals surface area contributed by atoms with Crippen molar-refractivity contribution in [2.24, 2.45) is 0 Å². The van der Waals surface area contributed by atoms with Gasteiger partial charge >= 0.3 is 0 Å². The molecule has 1 aromatic heterocycles. The normalized spacial score (nSPS) is 22.9. The molecule has 2 aliphatic heterocycles. The zero-order chi connectivity index (χ0) is 18.1. The molecule has 0 spiro atoms. The molecule has 1 aromatic carbocycles. The van der Waals surface area contributed by atoms with E-state index >= 15 is 0 Å². The average molecular weight is 374 g/mol. The number of hydrogen-bond acceptors (Lipinski definition) is 6. The molecule has 2 atom stereocenters. The first kappa shape index (κ1) is 17.2. The van der Waals surface area contributed by atoms with Gasteiger partial charge in [0.2, 0.25) is 11.8 Å². The maximum Gasteiger partial charge on any atom is 0.240 e. The Hall–Kier alpha value is -2.19. The third-order valence-electron chi connectivity index (χ3n) is 4.97. The Morgan fingerprint density at radius 2 is 2.27 bits per heavy atom. The number of nitrogens with one attached hydrogen (secondary N) is 2. The highest BCUT2D eigenvalue weighted by molar-refractivity contribution is 7.22. The molecule has 2 saturated heterocycles. The fourth-order valence-corrected chi connectivity index (χ4v) is 4.68. The Morgan fingerprint density at radius 1 is 1.42 bits per heavy atom. The molecule has 26 heavy (non-hydrogen) atoms. The van der Waals surface area contributed by atoms with E-state index in [1.807, 2.05) is 25.1 Å². The van der Waals surface area contributed by atoms with Crippen LogP contribution in [0.4, 0.5) is 5.13 Å². The summed E-state index contributed by atoms with van der Waals surface area (Å²) in [6.45, 7) is 3.49. The van der Waals surface area contributed by atoms with E-state index < -0.39 is 0 Å². The number of nitrogens with zero attached hydrogens (tertiary/aromatic N) is 2. The summed E-state index contributed by atoms with van der Waals surface area (Å²) in [5.41, 5.74) is 0.846. The standard InChI is InChI=1S/C18H22N4O3S/c1-2-25-13-5-6-14-15(8-13)26-18(20-14)21-17(24)10-22-11-3-4-12(22)9-19-16(23)7-11/h5-6,8,11-12H,2-4,7,9-10H2,1H3,(H,19,23)(H,20,21,24)/t11-,12-/m0/s1. The number of aromatic nitrogens is 1. The second kappa shape index (κ2) is 7.20. The van der Waals surface area contributed by atoms with Gasteiger partial charge in [-0.05, 0) is 38.0 Å². The number of ether oxygens (including phenoxy) is 1. The first-order valence-electron chi connectivity index (χ1n) is 8.98. The Labute approximate surface area is 155 Å². The van der Waals surface area contributed by atoms with Crippen molar-refractivity contribution >= 4 is 38.5 Å². The highest BCUT2D eigenvalue weighted by Gasteiger charge is 2.38. The van der Waals surface area contributed by atoms with Crippen LogP contribution >= 0.6 is 11.3 Å². The van der Waals surface area contributed by atoms with Gasteiger partial charge in [-0.25, -0.2) is 4.98 Å². The summed E-state index contributed by atoms with van der Waals surface area (Å²) in [5, 5.41) is 6.43. The molecule has 2 amide bonds. The molecule has 0 radical (unpaired) electrons. The summed E-state index contributed by atoms with van der Waals surface area (Å²) in [7, 11) is 0. The van der Waals surface area contributed by atoms with E-state index in [0.29, 0.717) is 31.2 Å². The predicted molar refractivity (Wildman–Crippen MR) is 101 cm³/mol. The molecule has 2 aromatic rings. The van der Waals surface area contributed by atoms with Gasteiger partial charge in [0, 0.05) is 25.0 Å². The Balaban J connectivity index is 1.43. The number of anilines is 1. The second-order valence-corrected chi connectivity index (χ2v) is 7.73. The predicted octanol–water partition coefficient (Wildman–Crippen LogP) is 1.99. The third kappa shape index (κ3) is 3.52. The lowest BCUT2D eigenvalue weighted by Gasteiger charge is -2.25. The molecular weight excluding hydrogens is 352 g/mol. The molecule has 0 unspecified atom stereocenters. The van der Waals surface area contributed by atoms with Crippen molar-refractivity contribution < 1.29 is 14.3 Å². The van der Waals surface area contributed by atoms with Crippen LogP contribution in [0.15, 0.2) is 18.2 Å². The summed E-state index contributed by atoms with van der Waals surface area (Å²) < 4.78 is 6.49. The first-order valence-corrected chi connectivity index (χ1v) is 9.79. The monoisotopic (exact) mass is 374 g/mol. The molecule has 2 aliphatic rings. The molecule has 7 nitrogen and oxygen atoms in total. The maximum atomic E-state index is 12.5. The summed E-state index contributed by atoms with van der Waals surface area (Å²) >= 11 is 1.44. The largest absolute Gasteiger partial charge is 0.494 e. The first-order chi connectivity index (χ1) is 12.6. The van der Waals surface area contributed by atoms with Crippen molar-refractivity contribution in [2.45, 2.75) is 38.3 Å². The Bertz CT molecular complexity index is 837. The van der Waals surface area contributed by atoms with E-state index in [9.17, 15) is 9.59 Å². The van der Waals surface area contributed by atoms with Gasteiger partial charge in [-0.1, -0.05) is 11.3 Å². The van der Waals surface area contributed by atoms with E-state index in [1.54, 1.807) is 0 Å². The van der Waals surface area contributed by atoms with Crippen molar-refractivity contribution in [2.75, 3.05) is 25.0 Å². The lowest BCUT2D eigenvalue weighted by Crippen LogP contribution is -2.42. The Kier molecular flexibility index (Phi) is 4.78. The zero-order valence-corrected chi connectivity index (χ0v) is 15.5. The van der Waals surface area contributed by atoms with Crippen LogP contribution in [0, 0.1) is 0 Å². The maximum absolute atomic E-state index is 12.5. The van der Waals surface area contributed by atoms with Crippen LogP contribution in [0.2, 0.25) is 0 Å². The number of carbonyl (C=O) groups is 2. The van der Waals surface area contributed by atoms with Crippen molar-refractivity contribution in [3.8, 4) is 5.75 Å². The average Bonchev–Trinajstić information content (AvgIpc) is 3.11. The van der Waals surface area contributed by atoms with Crippen molar-refractivity contribution in [3.05, 3.63) is 18.2 Å². The van der Waals surface area contributed by atoms with Crippen LogP contribution < -0.4 is 15.4 Å². The van der Waals surface area contributed by atoms with Gasteiger partial charge < -0.3 is 15.4 Å². The number of benzene rings is 1. The zero-order valence-electron chi connectivity index (χ0n) is 14.7. The molecule has 2 fully saturated rings. The number of carbonyl (C=O) groups excluding carboxylic acids is 2. The number of rotatable bonds is 5. The van der Waals surface area contributed by atoms with E-state index in [-0.39, 0.29) is 23.9 Å². The van der Waals surface area contributed by atoms with Gasteiger partial charge in [0.1, 0.15) is 5.75 Å². The summed E-state index contributed by atoms with van der Waals surface area (Å²) in [6, 6.07) is 6.14.